The standard InChI is InChI=1S/C16H23NO/c18-16(13-7-4-10-17-11-13)15-9-2-1-8-14(15)12-5-3-6-12/h1-2,8-9,12-13,16-18H,3-7,10-11H2. The fourth-order valence-electron chi connectivity index (χ4n) is 3.27. The Bertz CT molecular complexity index is 394. The van der Waals surface area contributed by atoms with Crippen molar-refractivity contribution < 1.29 is 5.11 Å². The van der Waals surface area contributed by atoms with Gasteiger partial charge in [-0.25, -0.2) is 0 Å². The predicted octanol–water partition coefficient (Wildman–Crippen LogP) is 2.99. The fourth-order valence-corrected chi connectivity index (χ4v) is 3.27. The molecule has 18 heavy (non-hydrogen) atoms. The Hall–Kier alpha value is -0.860. The van der Waals surface area contributed by atoms with E-state index in [4.69, 9.17) is 0 Å². The molecule has 1 aliphatic heterocycles. The largest absolute Gasteiger partial charge is 0.388 e. The van der Waals surface area contributed by atoms with Crippen molar-refractivity contribution in [1.29, 1.82) is 0 Å². The van der Waals surface area contributed by atoms with Gasteiger partial charge in [0.15, 0.2) is 0 Å². The number of hydrogen-bond donors (Lipinski definition) is 2. The molecule has 1 saturated carbocycles. The first-order valence-corrected chi connectivity index (χ1v) is 7.34. The maximum absolute atomic E-state index is 10.7. The van der Waals surface area contributed by atoms with E-state index in [0.717, 1.165) is 19.5 Å². The second-order valence-electron chi connectivity index (χ2n) is 5.81. The van der Waals surface area contributed by atoms with E-state index in [1.54, 1.807) is 0 Å². The summed E-state index contributed by atoms with van der Waals surface area (Å²) in [6.07, 6.45) is 5.99. The minimum atomic E-state index is -0.283. The van der Waals surface area contributed by atoms with Gasteiger partial charge in [0.1, 0.15) is 0 Å². The molecular formula is C16H23NO. The van der Waals surface area contributed by atoms with Crippen molar-refractivity contribution in [3.8, 4) is 0 Å². The summed E-state index contributed by atoms with van der Waals surface area (Å²) in [5, 5.41) is 14.1. The maximum atomic E-state index is 10.7. The number of nitrogens with one attached hydrogen (secondary N) is 1. The van der Waals surface area contributed by atoms with E-state index >= 15 is 0 Å². The summed E-state index contributed by atoms with van der Waals surface area (Å²) in [4.78, 5) is 0. The Morgan fingerprint density at radius 2 is 1.94 bits per heavy atom. The second-order valence-corrected chi connectivity index (χ2v) is 5.81. The highest BCUT2D eigenvalue weighted by Gasteiger charge is 2.28. The van der Waals surface area contributed by atoms with Gasteiger partial charge in [0, 0.05) is 12.5 Å². The van der Waals surface area contributed by atoms with Gasteiger partial charge in [-0.05, 0) is 49.3 Å². The van der Waals surface area contributed by atoms with Crippen LogP contribution in [0.2, 0.25) is 0 Å². The number of piperidine rings is 1. The molecular weight excluding hydrogens is 222 g/mol. The average Bonchev–Trinajstić information content (AvgIpc) is 2.38. The summed E-state index contributed by atoms with van der Waals surface area (Å²) in [6, 6.07) is 8.53. The molecule has 1 saturated heterocycles. The number of hydrogen-bond acceptors (Lipinski definition) is 2. The number of benzene rings is 1. The van der Waals surface area contributed by atoms with E-state index in [1.165, 1.54) is 36.8 Å². The molecule has 2 fully saturated rings. The summed E-state index contributed by atoms with van der Waals surface area (Å²) in [5.74, 6) is 1.09. The average molecular weight is 245 g/mol. The molecule has 0 aromatic heterocycles. The molecule has 98 valence electrons. The lowest BCUT2D eigenvalue weighted by Crippen LogP contribution is -2.33. The van der Waals surface area contributed by atoms with Gasteiger partial charge in [0.2, 0.25) is 0 Å². The van der Waals surface area contributed by atoms with Gasteiger partial charge in [-0.1, -0.05) is 30.7 Å². The summed E-state index contributed by atoms with van der Waals surface area (Å²) in [5.41, 5.74) is 2.60. The highest BCUT2D eigenvalue weighted by Crippen LogP contribution is 2.41. The van der Waals surface area contributed by atoms with Gasteiger partial charge in [0.25, 0.3) is 0 Å². The predicted molar refractivity (Wildman–Crippen MR) is 73.6 cm³/mol. The van der Waals surface area contributed by atoms with Gasteiger partial charge < -0.3 is 10.4 Å². The maximum Gasteiger partial charge on any atom is 0.0833 e. The molecule has 1 heterocycles. The van der Waals surface area contributed by atoms with Crippen LogP contribution < -0.4 is 5.32 Å². The third-order valence-corrected chi connectivity index (χ3v) is 4.64. The first-order valence-electron chi connectivity index (χ1n) is 7.34. The Morgan fingerprint density at radius 1 is 1.11 bits per heavy atom. The minimum absolute atomic E-state index is 0.283. The molecule has 1 aromatic rings. The van der Waals surface area contributed by atoms with Crippen LogP contribution in [0.3, 0.4) is 0 Å². The number of aliphatic hydroxyl groups is 1. The van der Waals surface area contributed by atoms with Gasteiger partial charge in [-0.15, -0.1) is 0 Å². The lowest BCUT2D eigenvalue weighted by Gasteiger charge is -2.33. The van der Waals surface area contributed by atoms with Gasteiger partial charge in [-0.2, -0.15) is 0 Å². The summed E-state index contributed by atoms with van der Waals surface area (Å²) in [6.45, 7) is 2.06. The molecule has 2 heteroatoms. The monoisotopic (exact) mass is 245 g/mol. The molecule has 1 aliphatic carbocycles. The first kappa shape index (κ1) is 12.2. The van der Waals surface area contributed by atoms with Crippen LogP contribution >= 0.6 is 0 Å². The van der Waals surface area contributed by atoms with E-state index in [9.17, 15) is 5.11 Å². The molecule has 2 nitrogen and oxygen atoms in total. The molecule has 0 amide bonds. The quantitative estimate of drug-likeness (QED) is 0.858. The van der Waals surface area contributed by atoms with Gasteiger partial charge in [0.05, 0.1) is 6.10 Å². The van der Waals surface area contributed by atoms with Crippen LogP contribution in [-0.2, 0) is 0 Å². The van der Waals surface area contributed by atoms with Crippen LogP contribution in [-0.4, -0.2) is 18.2 Å². The Morgan fingerprint density at radius 3 is 2.61 bits per heavy atom. The SMILES string of the molecule is OC(c1ccccc1C1CCC1)C1CCCNC1. The van der Waals surface area contributed by atoms with Gasteiger partial charge in [-0.3, -0.25) is 0 Å². The van der Waals surface area contributed by atoms with Crippen molar-refractivity contribution >= 4 is 0 Å². The molecule has 3 rings (SSSR count). The normalized spacial score (nSPS) is 26.6. The van der Waals surface area contributed by atoms with E-state index in [2.05, 4.69) is 29.6 Å². The first-order chi connectivity index (χ1) is 8.86. The summed E-state index contributed by atoms with van der Waals surface area (Å²) < 4.78 is 0. The van der Waals surface area contributed by atoms with E-state index in [0.29, 0.717) is 11.8 Å². The zero-order valence-electron chi connectivity index (χ0n) is 10.9. The second kappa shape index (κ2) is 5.41. The molecule has 2 aliphatic rings. The highest BCUT2D eigenvalue weighted by molar-refractivity contribution is 5.33. The van der Waals surface area contributed by atoms with Crippen LogP contribution in [0.4, 0.5) is 0 Å². The molecule has 2 unspecified atom stereocenters. The fraction of sp³-hybridized carbons (Fsp3) is 0.625. The summed E-state index contributed by atoms with van der Waals surface area (Å²) >= 11 is 0. The minimum Gasteiger partial charge on any atom is -0.388 e. The lowest BCUT2D eigenvalue weighted by molar-refractivity contribution is 0.0905. The van der Waals surface area contributed by atoms with Crippen LogP contribution in [0.5, 0.6) is 0 Å². The van der Waals surface area contributed by atoms with Gasteiger partial charge >= 0.3 is 0 Å². The molecule has 2 atom stereocenters. The Balaban J connectivity index is 1.81. The number of rotatable bonds is 3. The van der Waals surface area contributed by atoms with Crippen molar-refractivity contribution in [2.24, 2.45) is 5.92 Å². The Kier molecular flexibility index (Phi) is 3.67. The zero-order chi connectivity index (χ0) is 12.4. The van der Waals surface area contributed by atoms with Crippen molar-refractivity contribution in [1.82, 2.24) is 5.32 Å². The van der Waals surface area contributed by atoms with Crippen LogP contribution in [0.15, 0.2) is 24.3 Å². The molecule has 2 N–H and O–H groups in total. The van der Waals surface area contributed by atoms with Crippen LogP contribution in [0, 0.1) is 5.92 Å². The third kappa shape index (κ3) is 2.32. The third-order valence-electron chi connectivity index (χ3n) is 4.64. The summed E-state index contributed by atoms with van der Waals surface area (Å²) in [7, 11) is 0. The lowest BCUT2D eigenvalue weighted by atomic mass is 9.76. The number of aliphatic hydroxyl groups excluding tert-OH is 1. The molecule has 0 spiro atoms. The van der Waals surface area contributed by atoms with Crippen molar-refractivity contribution in [3.63, 3.8) is 0 Å². The Labute approximate surface area is 109 Å². The van der Waals surface area contributed by atoms with Crippen molar-refractivity contribution in [2.75, 3.05) is 13.1 Å². The van der Waals surface area contributed by atoms with Crippen molar-refractivity contribution in [3.05, 3.63) is 35.4 Å². The topological polar surface area (TPSA) is 32.3 Å². The molecule has 0 bridgehead atoms. The van der Waals surface area contributed by atoms with Crippen LogP contribution in [0.25, 0.3) is 0 Å². The smallest absolute Gasteiger partial charge is 0.0833 e. The van der Waals surface area contributed by atoms with E-state index in [1.807, 2.05) is 0 Å². The zero-order valence-corrected chi connectivity index (χ0v) is 10.9. The van der Waals surface area contributed by atoms with Crippen LogP contribution in [0.1, 0.15) is 55.3 Å². The van der Waals surface area contributed by atoms with Crippen molar-refractivity contribution in [2.45, 2.75) is 44.1 Å². The van der Waals surface area contributed by atoms with E-state index < -0.39 is 0 Å². The highest BCUT2D eigenvalue weighted by atomic mass is 16.3. The molecule has 0 radical (unpaired) electrons. The molecule has 1 aromatic carbocycles. The van der Waals surface area contributed by atoms with E-state index in [-0.39, 0.29) is 6.10 Å².